The molecular weight excluding hydrogens is 616 g/mol. The van der Waals surface area contributed by atoms with Gasteiger partial charge in [0, 0.05) is 28.0 Å². The molecule has 0 radical (unpaired) electrons. The average molecular weight is 640 g/mol. The van der Waals surface area contributed by atoms with Gasteiger partial charge in [0.2, 0.25) is 5.91 Å². The number of methoxy groups -OCH3 is 1. The summed E-state index contributed by atoms with van der Waals surface area (Å²) in [5, 5.41) is 3.55. The molecule has 1 N–H and O–H groups in total. The Kier molecular flexibility index (Phi) is 6.33. The lowest BCUT2D eigenvalue weighted by atomic mass is 9.62. The number of ketones is 2. The smallest absolute Gasteiger partial charge is 0.238 e. The zero-order valence-electron chi connectivity index (χ0n) is 22.4. The van der Waals surface area contributed by atoms with Crippen LogP contribution in [0.3, 0.4) is 0 Å². The molecule has 0 aromatic heterocycles. The number of para-hydroxylation sites is 1. The van der Waals surface area contributed by atoms with Crippen LogP contribution in [0.2, 0.25) is 5.02 Å². The van der Waals surface area contributed by atoms with Crippen molar-refractivity contribution in [1.29, 1.82) is 0 Å². The maximum Gasteiger partial charge on any atom is 0.238 e. The van der Waals surface area contributed by atoms with Crippen molar-refractivity contribution in [2.75, 3.05) is 12.4 Å². The number of anilines is 1. The Bertz CT molecular complexity index is 1820. The van der Waals surface area contributed by atoms with E-state index < -0.39 is 23.4 Å². The van der Waals surface area contributed by atoms with Crippen LogP contribution in [0.15, 0.2) is 102 Å². The van der Waals surface area contributed by atoms with Crippen LogP contribution in [-0.2, 0) is 10.2 Å². The van der Waals surface area contributed by atoms with Crippen molar-refractivity contribution in [3.63, 3.8) is 0 Å². The van der Waals surface area contributed by atoms with Crippen LogP contribution in [0.4, 0.5) is 5.69 Å². The van der Waals surface area contributed by atoms with E-state index >= 15 is 0 Å². The number of benzene rings is 4. The first-order valence-electron chi connectivity index (χ1n) is 13.5. The molecule has 3 aliphatic rings. The number of Topliss-reactive ketones (excluding diaryl/α,β-unsaturated/α-hetero) is 2. The third-order valence-corrected chi connectivity index (χ3v) is 9.56. The van der Waals surface area contributed by atoms with Crippen LogP contribution in [0.5, 0.6) is 5.75 Å². The molecule has 7 rings (SSSR count). The monoisotopic (exact) mass is 638 g/mol. The summed E-state index contributed by atoms with van der Waals surface area (Å²) < 4.78 is 6.00. The maximum atomic E-state index is 14.8. The van der Waals surface area contributed by atoms with Crippen molar-refractivity contribution >= 4 is 56.8 Å². The van der Waals surface area contributed by atoms with Crippen molar-refractivity contribution in [3.8, 4) is 5.75 Å². The molecule has 1 fully saturated rings. The fraction of sp³-hybridized carbons (Fsp3) is 0.147. The molecule has 0 bridgehead atoms. The number of nitrogens with zero attached hydrogens (tertiary/aromatic N) is 1. The van der Waals surface area contributed by atoms with Crippen LogP contribution in [0, 0.1) is 5.92 Å². The van der Waals surface area contributed by atoms with E-state index in [1.807, 2.05) is 65.7 Å². The molecule has 42 heavy (non-hydrogen) atoms. The highest BCUT2D eigenvalue weighted by Gasteiger charge is 2.70. The summed E-state index contributed by atoms with van der Waals surface area (Å²) in [6.45, 7) is 0. The third-order valence-electron chi connectivity index (χ3n) is 8.69. The van der Waals surface area contributed by atoms with Crippen LogP contribution in [0.25, 0.3) is 6.08 Å². The molecule has 0 unspecified atom stereocenters. The highest BCUT2D eigenvalue weighted by atomic mass is 79.9. The lowest BCUT2D eigenvalue weighted by molar-refractivity contribution is -0.122. The van der Waals surface area contributed by atoms with Gasteiger partial charge in [-0.05, 0) is 87.2 Å². The number of hydrogen-bond donors (Lipinski definition) is 1. The number of carbonyl (C=O) groups is 3. The highest BCUT2D eigenvalue weighted by molar-refractivity contribution is 9.10. The lowest BCUT2D eigenvalue weighted by Crippen LogP contribution is -2.49. The normalized spacial score (nSPS) is 23.3. The van der Waals surface area contributed by atoms with Gasteiger partial charge in [-0.1, -0.05) is 54.1 Å². The summed E-state index contributed by atoms with van der Waals surface area (Å²) in [7, 11) is 1.56. The van der Waals surface area contributed by atoms with Crippen LogP contribution in [0.1, 0.15) is 43.4 Å². The van der Waals surface area contributed by atoms with E-state index in [-0.39, 0.29) is 17.5 Å². The Morgan fingerprint density at radius 3 is 2.40 bits per heavy atom. The second-order valence-corrected chi connectivity index (χ2v) is 12.0. The molecular formula is C34H24BrClN2O4. The molecule has 0 aliphatic carbocycles. The minimum Gasteiger partial charge on any atom is -0.496 e. The number of hydrogen-bond acceptors (Lipinski definition) is 5. The fourth-order valence-corrected chi connectivity index (χ4v) is 7.62. The molecule has 3 aliphatic heterocycles. The first kappa shape index (κ1) is 26.7. The number of carbonyl (C=O) groups excluding carboxylic acids is 3. The van der Waals surface area contributed by atoms with Gasteiger partial charge in [0.15, 0.2) is 11.6 Å². The van der Waals surface area contributed by atoms with Crippen LogP contribution in [-0.4, -0.2) is 35.5 Å². The van der Waals surface area contributed by atoms with Crippen molar-refractivity contribution in [1.82, 2.24) is 4.90 Å². The van der Waals surface area contributed by atoms with Crippen LogP contribution < -0.4 is 10.1 Å². The second kappa shape index (κ2) is 9.96. The summed E-state index contributed by atoms with van der Waals surface area (Å²) in [5.74, 6) is -1.35. The van der Waals surface area contributed by atoms with E-state index in [4.69, 9.17) is 16.3 Å². The predicted octanol–water partition coefficient (Wildman–Crippen LogP) is 7.09. The molecule has 6 nitrogen and oxygen atoms in total. The van der Waals surface area contributed by atoms with Gasteiger partial charge in [0.1, 0.15) is 17.2 Å². The van der Waals surface area contributed by atoms with Gasteiger partial charge in [-0.15, -0.1) is 0 Å². The third kappa shape index (κ3) is 3.73. The van der Waals surface area contributed by atoms with Gasteiger partial charge in [-0.2, -0.15) is 0 Å². The second-order valence-electron chi connectivity index (χ2n) is 10.7. The van der Waals surface area contributed by atoms with Crippen molar-refractivity contribution in [2.45, 2.75) is 17.5 Å². The zero-order chi connectivity index (χ0) is 29.2. The van der Waals surface area contributed by atoms with Crippen molar-refractivity contribution in [2.24, 2.45) is 5.92 Å². The van der Waals surface area contributed by atoms with Crippen molar-refractivity contribution in [3.05, 3.63) is 135 Å². The van der Waals surface area contributed by atoms with E-state index in [1.54, 1.807) is 49.6 Å². The predicted molar refractivity (Wildman–Crippen MR) is 165 cm³/mol. The number of ether oxygens (including phenoxy) is 1. The summed E-state index contributed by atoms with van der Waals surface area (Å²) in [6, 6.07) is 25.4. The standard InChI is InChI=1S/C34H24BrClN2O4/c1-42-27-15-12-21(18-25(27)35)31(40)29-28(30(39)20-10-13-22(36)14-11-20)34(24-8-4-5-9-26(24)37-33(34)41)32-23-7-3-2-6-19(23)16-17-38(29)32/h2-18,28-29,32H,1H3,(H,37,41)/t28-,29+,32-,34-/m1/s1. The topological polar surface area (TPSA) is 75.7 Å². The van der Waals surface area contributed by atoms with Crippen molar-refractivity contribution < 1.29 is 19.1 Å². The highest BCUT2D eigenvalue weighted by Crippen LogP contribution is 2.62. The van der Waals surface area contributed by atoms with Crippen LogP contribution >= 0.6 is 27.5 Å². The number of fused-ring (bicyclic) bond motifs is 6. The Labute approximate surface area is 256 Å². The van der Waals surface area contributed by atoms with E-state index in [2.05, 4.69) is 21.2 Å². The fourth-order valence-electron chi connectivity index (χ4n) is 6.95. The first-order chi connectivity index (χ1) is 20.4. The molecule has 4 atom stereocenters. The molecule has 0 saturated carbocycles. The minimum absolute atomic E-state index is 0.270. The Hall–Kier alpha value is -4.20. The van der Waals surface area contributed by atoms with Gasteiger partial charge >= 0.3 is 0 Å². The SMILES string of the molecule is COc1ccc(C(=O)[C@@H]2[C@H](C(=O)c3ccc(Cl)cc3)[C@@]3(C(=O)Nc4ccccc43)[C@H]3c4ccccc4C=CN23)cc1Br. The minimum atomic E-state index is -1.39. The quantitative estimate of drug-likeness (QED) is 0.236. The summed E-state index contributed by atoms with van der Waals surface area (Å²) in [5.41, 5.74) is 2.55. The average Bonchev–Trinajstić information content (AvgIpc) is 3.49. The van der Waals surface area contributed by atoms with Gasteiger partial charge < -0.3 is 15.0 Å². The molecule has 4 aromatic carbocycles. The van der Waals surface area contributed by atoms with Gasteiger partial charge in [0.25, 0.3) is 0 Å². The number of amides is 1. The molecule has 1 amide bonds. The van der Waals surface area contributed by atoms with E-state index in [0.29, 0.717) is 37.6 Å². The molecule has 1 spiro atoms. The Morgan fingerprint density at radius 2 is 1.64 bits per heavy atom. The Balaban J connectivity index is 1.52. The van der Waals surface area contributed by atoms with E-state index in [1.165, 1.54) is 0 Å². The number of halogens is 2. The Morgan fingerprint density at radius 1 is 0.929 bits per heavy atom. The lowest BCUT2D eigenvalue weighted by Gasteiger charge is -2.38. The maximum absolute atomic E-state index is 14.8. The number of nitrogens with one attached hydrogen (secondary N) is 1. The van der Waals surface area contributed by atoms with Gasteiger partial charge in [-0.25, -0.2) is 0 Å². The zero-order valence-corrected chi connectivity index (χ0v) is 24.7. The van der Waals surface area contributed by atoms with E-state index in [0.717, 1.165) is 11.1 Å². The number of rotatable bonds is 5. The molecule has 1 saturated heterocycles. The molecule has 208 valence electrons. The van der Waals surface area contributed by atoms with E-state index in [9.17, 15) is 14.4 Å². The summed E-state index contributed by atoms with van der Waals surface area (Å²) in [4.78, 5) is 45.9. The summed E-state index contributed by atoms with van der Waals surface area (Å²) in [6.07, 6.45) is 3.80. The molecule has 8 heteroatoms. The summed E-state index contributed by atoms with van der Waals surface area (Å²) >= 11 is 9.68. The molecule has 3 heterocycles. The largest absolute Gasteiger partial charge is 0.496 e. The van der Waals surface area contributed by atoms with Gasteiger partial charge in [-0.3, -0.25) is 14.4 Å². The molecule has 4 aromatic rings. The first-order valence-corrected chi connectivity index (χ1v) is 14.7. The van der Waals surface area contributed by atoms with Gasteiger partial charge in [0.05, 0.1) is 23.5 Å².